The fourth-order valence-electron chi connectivity index (χ4n) is 5.65. The maximum Gasteiger partial charge on any atom is 0.337 e. The third kappa shape index (κ3) is 8.86. The van der Waals surface area contributed by atoms with E-state index in [4.69, 9.17) is 0 Å². The summed E-state index contributed by atoms with van der Waals surface area (Å²) in [6, 6.07) is 19.2. The van der Waals surface area contributed by atoms with Gasteiger partial charge in [-0.05, 0) is 66.0 Å². The van der Waals surface area contributed by atoms with E-state index in [1.165, 1.54) is 43.4 Å². The summed E-state index contributed by atoms with van der Waals surface area (Å²) >= 11 is 0. The molecule has 2 amide bonds. The van der Waals surface area contributed by atoms with Gasteiger partial charge >= 0.3 is 12.0 Å². The number of amides is 2. The first-order valence-corrected chi connectivity index (χ1v) is 20.3. The zero-order valence-corrected chi connectivity index (χ0v) is 31.3. The number of aromatic carboxylic acids is 1. The lowest BCUT2D eigenvalue weighted by Crippen LogP contribution is -2.69. The summed E-state index contributed by atoms with van der Waals surface area (Å²) in [6.07, 6.45) is -2.55. The van der Waals surface area contributed by atoms with Crippen LogP contribution in [0.4, 0.5) is 38.9 Å². The molecule has 0 saturated carbocycles. The highest BCUT2D eigenvalue weighted by Gasteiger charge is 2.32. The summed E-state index contributed by atoms with van der Waals surface area (Å²) in [5, 5.41) is 41.8. The van der Waals surface area contributed by atoms with Gasteiger partial charge in [-0.1, -0.05) is 30.3 Å². The van der Waals surface area contributed by atoms with Crippen LogP contribution in [0.3, 0.4) is 0 Å². The van der Waals surface area contributed by atoms with Crippen molar-refractivity contribution < 1.29 is 58.7 Å². The average Bonchev–Trinajstić information content (AvgIpc) is 3.13. The predicted octanol–water partition coefficient (Wildman–Crippen LogP) is 4.48. The SMILES string of the molecule is CN1C(=O)NC(Nc2cc(S(=O)(=O)O)cc3cc(S(=O)(=O)O)c(N=Nc4ccccc4C(=O)O)c(O)c23)NC1Nc1ccc(Nc2ccccc2)c(S(=O)(=O)O)c1. The van der Waals surface area contributed by atoms with Crippen LogP contribution in [0.25, 0.3) is 10.8 Å². The molecule has 1 aliphatic heterocycles. The van der Waals surface area contributed by atoms with E-state index in [0.29, 0.717) is 5.69 Å². The number of para-hydroxylation sites is 1. The van der Waals surface area contributed by atoms with Crippen molar-refractivity contribution in [2.45, 2.75) is 27.3 Å². The summed E-state index contributed by atoms with van der Waals surface area (Å²) in [4.78, 5) is 23.5. The number of azo groups is 1. The number of hydrogen-bond acceptors (Lipinski definition) is 15. The average molecular weight is 843 g/mol. The number of carbonyl (C=O) groups excluding carboxylic acids is 1. The van der Waals surface area contributed by atoms with Crippen LogP contribution in [0.1, 0.15) is 10.4 Å². The topological polar surface area (TPSA) is 326 Å². The lowest BCUT2D eigenvalue weighted by molar-refractivity contribution is 0.0697. The molecule has 0 aromatic heterocycles. The molecule has 57 heavy (non-hydrogen) atoms. The number of hydrogen-bond donors (Lipinski definition) is 10. The molecule has 1 aliphatic rings. The Balaban J connectivity index is 1.40. The van der Waals surface area contributed by atoms with Crippen molar-refractivity contribution in [1.29, 1.82) is 0 Å². The molecule has 0 aliphatic carbocycles. The summed E-state index contributed by atoms with van der Waals surface area (Å²) in [7, 11) is -13.7. The van der Waals surface area contributed by atoms with Crippen molar-refractivity contribution in [3.8, 4) is 5.75 Å². The van der Waals surface area contributed by atoms with Gasteiger partial charge in [0.15, 0.2) is 18.3 Å². The minimum atomic E-state index is -5.25. The van der Waals surface area contributed by atoms with Gasteiger partial charge in [-0.15, -0.1) is 10.2 Å². The molecule has 10 N–H and O–H groups in total. The van der Waals surface area contributed by atoms with Gasteiger partial charge in [0.2, 0.25) is 0 Å². The molecule has 0 spiro atoms. The zero-order chi connectivity index (χ0) is 41.4. The Bertz CT molecular complexity index is 2810. The highest BCUT2D eigenvalue weighted by Crippen LogP contribution is 2.45. The second kappa shape index (κ2) is 15.3. The number of fused-ring (bicyclic) bond motifs is 1. The van der Waals surface area contributed by atoms with Crippen molar-refractivity contribution in [2.24, 2.45) is 10.2 Å². The fraction of sp³-hybridized carbons (Fsp3) is 0.0909. The number of nitrogens with one attached hydrogen (secondary N) is 5. The normalized spacial score (nSPS) is 16.4. The first-order chi connectivity index (χ1) is 26.7. The van der Waals surface area contributed by atoms with Crippen molar-refractivity contribution in [3.63, 3.8) is 0 Å². The number of carboxylic acid groups (broad SMARTS) is 1. The van der Waals surface area contributed by atoms with Gasteiger partial charge in [-0.3, -0.25) is 18.6 Å². The second-order valence-electron chi connectivity index (χ2n) is 12.1. The van der Waals surface area contributed by atoms with Crippen LogP contribution in [0.15, 0.2) is 116 Å². The molecule has 0 bridgehead atoms. The Hall–Kier alpha value is -6.41. The minimum absolute atomic E-state index is 0.0315. The summed E-state index contributed by atoms with van der Waals surface area (Å²) in [5.74, 6) is -2.43. The van der Waals surface area contributed by atoms with Crippen molar-refractivity contribution >= 4 is 87.3 Å². The Labute approximate surface area is 323 Å². The smallest absolute Gasteiger partial charge is 0.337 e. The number of aromatic hydroxyl groups is 1. The van der Waals surface area contributed by atoms with Crippen LogP contribution < -0.4 is 26.6 Å². The lowest BCUT2D eigenvalue weighted by Gasteiger charge is -2.40. The van der Waals surface area contributed by atoms with Crippen LogP contribution >= 0.6 is 0 Å². The molecule has 1 heterocycles. The molecule has 1 fully saturated rings. The van der Waals surface area contributed by atoms with E-state index in [9.17, 15) is 58.7 Å². The fourth-order valence-corrected chi connectivity index (χ4v) is 7.52. The number of rotatable bonds is 12. The molecule has 5 aromatic carbocycles. The van der Waals surface area contributed by atoms with Crippen molar-refractivity contribution in [3.05, 3.63) is 96.6 Å². The Morgan fingerprint density at radius 3 is 2.07 bits per heavy atom. The first-order valence-electron chi connectivity index (χ1n) is 16.0. The maximum atomic E-state index is 13.1. The molecular formula is C33H30N8O13S3. The van der Waals surface area contributed by atoms with Crippen LogP contribution in [0, 0.1) is 0 Å². The van der Waals surface area contributed by atoms with Gasteiger partial charge < -0.3 is 31.5 Å². The van der Waals surface area contributed by atoms with E-state index in [1.807, 2.05) is 0 Å². The number of benzene rings is 5. The Morgan fingerprint density at radius 2 is 1.42 bits per heavy atom. The quantitative estimate of drug-likeness (QED) is 0.0611. The zero-order valence-electron chi connectivity index (χ0n) is 28.9. The molecule has 2 atom stereocenters. The second-order valence-corrected chi connectivity index (χ2v) is 16.3. The highest BCUT2D eigenvalue weighted by atomic mass is 32.2. The molecule has 298 valence electrons. The van der Waals surface area contributed by atoms with Crippen molar-refractivity contribution in [1.82, 2.24) is 15.5 Å². The summed E-state index contributed by atoms with van der Waals surface area (Å²) in [5.41, 5.74) is -1.24. The summed E-state index contributed by atoms with van der Waals surface area (Å²) < 4.78 is 104. The third-order valence-electron chi connectivity index (χ3n) is 8.31. The van der Waals surface area contributed by atoms with E-state index in [1.54, 1.807) is 30.3 Å². The van der Waals surface area contributed by atoms with E-state index in [2.05, 4.69) is 36.8 Å². The van der Waals surface area contributed by atoms with Gasteiger partial charge in [-0.25, -0.2) is 14.9 Å². The van der Waals surface area contributed by atoms with Crippen LogP contribution in [-0.2, 0) is 30.4 Å². The molecule has 2 unspecified atom stereocenters. The van der Waals surface area contributed by atoms with E-state index in [-0.39, 0.29) is 33.7 Å². The van der Waals surface area contributed by atoms with Gasteiger partial charge in [0.1, 0.15) is 21.2 Å². The van der Waals surface area contributed by atoms with Gasteiger partial charge in [0, 0.05) is 29.5 Å². The number of urea groups is 1. The van der Waals surface area contributed by atoms with Crippen LogP contribution in [0.5, 0.6) is 5.75 Å². The summed E-state index contributed by atoms with van der Waals surface area (Å²) in [6.45, 7) is 0. The predicted molar refractivity (Wildman–Crippen MR) is 203 cm³/mol. The molecule has 5 aromatic rings. The molecule has 6 rings (SSSR count). The van der Waals surface area contributed by atoms with E-state index < -0.39 is 86.4 Å². The Kier molecular flexibility index (Phi) is 10.8. The van der Waals surface area contributed by atoms with E-state index >= 15 is 0 Å². The standard InChI is InChI=1S/C33H30N8O13S3/c1-41-32(35-19-11-12-23(25(15-19)56(49,50)51)34-18-7-3-2-4-8-18)37-31(38-33(41)45)36-24-16-20(55(46,47)48)13-17-14-26(57(52,53)54)28(29(42)27(17)24)40-39-22-10-6-5-9-21(22)30(43)44/h2-16,31-32,34-37,42H,1H3,(H,38,45)(H,43,44)(H,46,47,48)(H,49,50,51)(H,52,53,54). The van der Waals surface area contributed by atoms with Gasteiger partial charge in [-0.2, -0.15) is 25.3 Å². The number of phenolic OH excluding ortho intramolecular Hbond substituents is 1. The number of carbonyl (C=O) groups is 2. The van der Waals surface area contributed by atoms with Crippen LogP contribution in [0.2, 0.25) is 0 Å². The highest BCUT2D eigenvalue weighted by molar-refractivity contribution is 7.86. The number of phenols is 1. The minimum Gasteiger partial charge on any atom is -0.505 e. The van der Waals surface area contributed by atoms with Gasteiger partial charge in [0.25, 0.3) is 30.4 Å². The first kappa shape index (κ1) is 40.3. The molecule has 1 saturated heterocycles. The molecule has 21 nitrogen and oxygen atoms in total. The van der Waals surface area contributed by atoms with Crippen LogP contribution in [-0.4, -0.2) is 85.7 Å². The Morgan fingerprint density at radius 1 is 0.754 bits per heavy atom. The largest absolute Gasteiger partial charge is 0.505 e. The number of nitrogens with zero attached hydrogens (tertiary/aromatic N) is 3. The molecular weight excluding hydrogens is 813 g/mol. The number of carboxylic acids is 1. The third-order valence-corrected chi connectivity index (χ3v) is 10.9. The molecule has 24 heteroatoms. The monoisotopic (exact) mass is 842 g/mol. The lowest BCUT2D eigenvalue weighted by atomic mass is 10.1. The molecule has 0 radical (unpaired) electrons. The van der Waals surface area contributed by atoms with E-state index in [0.717, 1.165) is 29.2 Å². The van der Waals surface area contributed by atoms with Gasteiger partial charge in [0.05, 0.1) is 16.1 Å². The maximum absolute atomic E-state index is 13.1. The van der Waals surface area contributed by atoms with Crippen molar-refractivity contribution in [2.75, 3.05) is 23.0 Å². The number of anilines is 4.